The summed E-state index contributed by atoms with van der Waals surface area (Å²) in [5.41, 5.74) is 0. The number of amides is 1. The van der Waals surface area contributed by atoms with Gasteiger partial charge in [-0.1, -0.05) is 0 Å². The Morgan fingerprint density at radius 2 is 1.74 bits per heavy atom. The molecule has 8 heteroatoms. The molecule has 1 amide bonds. The van der Waals surface area contributed by atoms with E-state index in [1.807, 2.05) is 0 Å². The van der Waals surface area contributed by atoms with E-state index in [0.717, 1.165) is 0 Å². The molecule has 0 aromatic carbocycles. The van der Waals surface area contributed by atoms with E-state index < -0.39 is 30.1 Å². The number of hydrogen-bond donors (Lipinski definition) is 2. The third-order valence-corrected chi connectivity index (χ3v) is 3.32. The lowest BCUT2D eigenvalue weighted by Crippen LogP contribution is -2.46. The Morgan fingerprint density at radius 1 is 1.21 bits per heavy atom. The molecule has 0 spiro atoms. The second-order valence-electron chi connectivity index (χ2n) is 4.69. The molecule has 0 atom stereocenters. The van der Waals surface area contributed by atoms with Gasteiger partial charge in [0.2, 0.25) is 0 Å². The molecule has 19 heavy (non-hydrogen) atoms. The molecule has 1 aliphatic rings. The van der Waals surface area contributed by atoms with Crippen LogP contribution >= 0.6 is 0 Å². The first kappa shape index (κ1) is 15.7. The van der Waals surface area contributed by atoms with Crippen LogP contribution in [0.4, 0.5) is 17.6 Å². The highest BCUT2D eigenvalue weighted by Crippen LogP contribution is 2.29. The Bertz CT molecular complexity index is 341. The first-order valence-corrected chi connectivity index (χ1v) is 5.92. The average Bonchev–Trinajstić information content (AvgIpc) is 2.36. The fourth-order valence-corrected chi connectivity index (χ4v) is 2.07. The quantitative estimate of drug-likeness (QED) is 0.758. The zero-order valence-electron chi connectivity index (χ0n) is 10.0. The molecule has 0 aliphatic heterocycles. The Kier molecular flexibility index (Phi) is 5.13. The fourth-order valence-electron chi connectivity index (χ4n) is 2.07. The minimum absolute atomic E-state index is 0.131. The van der Waals surface area contributed by atoms with Gasteiger partial charge in [0.05, 0.1) is 5.92 Å². The van der Waals surface area contributed by atoms with E-state index in [1.54, 1.807) is 5.32 Å². The summed E-state index contributed by atoms with van der Waals surface area (Å²) in [6.45, 7) is -0.131. The van der Waals surface area contributed by atoms with Crippen LogP contribution in [-0.2, 0) is 9.59 Å². The van der Waals surface area contributed by atoms with Crippen LogP contribution in [0.25, 0.3) is 0 Å². The second-order valence-corrected chi connectivity index (χ2v) is 4.69. The first-order valence-electron chi connectivity index (χ1n) is 5.92. The first-order chi connectivity index (χ1) is 8.75. The number of carbonyl (C=O) groups excluding carboxylic acids is 1. The van der Waals surface area contributed by atoms with Crippen molar-refractivity contribution >= 4 is 11.9 Å². The number of nitrogens with one attached hydrogen (secondary N) is 1. The van der Waals surface area contributed by atoms with E-state index in [2.05, 4.69) is 0 Å². The van der Waals surface area contributed by atoms with Crippen molar-refractivity contribution in [1.82, 2.24) is 5.32 Å². The predicted molar refractivity (Wildman–Crippen MR) is 57.0 cm³/mol. The van der Waals surface area contributed by atoms with Crippen molar-refractivity contribution in [2.45, 2.75) is 38.0 Å². The number of alkyl halides is 4. The van der Waals surface area contributed by atoms with E-state index in [1.165, 1.54) is 0 Å². The molecule has 2 N–H and O–H groups in total. The summed E-state index contributed by atoms with van der Waals surface area (Å²) in [5, 5.41) is 10.6. The maximum atomic E-state index is 12.6. The molecule has 4 nitrogen and oxygen atoms in total. The monoisotopic (exact) mass is 285 g/mol. The van der Waals surface area contributed by atoms with Gasteiger partial charge in [0, 0.05) is 6.54 Å². The smallest absolute Gasteiger partial charge is 0.383 e. The lowest BCUT2D eigenvalue weighted by molar-refractivity contribution is -0.169. The number of halogens is 4. The van der Waals surface area contributed by atoms with Gasteiger partial charge in [-0.2, -0.15) is 8.78 Å². The van der Waals surface area contributed by atoms with Crippen molar-refractivity contribution < 1.29 is 32.3 Å². The lowest BCUT2D eigenvalue weighted by Gasteiger charge is -2.26. The van der Waals surface area contributed by atoms with E-state index in [0.29, 0.717) is 25.7 Å². The molecule has 0 radical (unpaired) electrons. The van der Waals surface area contributed by atoms with Crippen molar-refractivity contribution in [3.8, 4) is 0 Å². The van der Waals surface area contributed by atoms with Gasteiger partial charge in [0.15, 0.2) is 0 Å². The second kappa shape index (κ2) is 6.21. The van der Waals surface area contributed by atoms with Gasteiger partial charge in [-0.05, 0) is 31.6 Å². The van der Waals surface area contributed by atoms with Crippen molar-refractivity contribution in [3.63, 3.8) is 0 Å². The highest BCUT2D eigenvalue weighted by atomic mass is 19.3. The molecule has 110 valence electrons. The zero-order chi connectivity index (χ0) is 14.6. The van der Waals surface area contributed by atoms with Gasteiger partial charge < -0.3 is 10.4 Å². The van der Waals surface area contributed by atoms with E-state index in [-0.39, 0.29) is 12.5 Å². The molecule has 0 aromatic rings. The van der Waals surface area contributed by atoms with Gasteiger partial charge in [0.1, 0.15) is 0 Å². The Morgan fingerprint density at radius 3 is 2.16 bits per heavy atom. The third-order valence-electron chi connectivity index (χ3n) is 3.32. The molecule has 1 saturated carbocycles. The number of carbonyl (C=O) groups is 2. The molecule has 0 saturated heterocycles. The summed E-state index contributed by atoms with van der Waals surface area (Å²) in [6.07, 6.45) is -2.28. The third kappa shape index (κ3) is 4.07. The van der Waals surface area contributed by atoms with Crippen molar-refractivity contribution in [3.05, 3.63) is 0 Å². The van der Waals surface area contributed by atoms with Gasteiger partial charge in [0.25, 0.3) is 5.91 Å². The van der Waals surface area contributed by atoms with Crippen LogP contribution in [0.15, 0.2) is 0 Å². The van der Waals surface area contributed by atoms with E-state index >= 15 is 0 Å². The molecular formula is C11H15F4NO3. The van der Waals surface area contributed by atoms with Crippen molar-refractivity contribution in [1.29, 1.82) is 0 Å². The SMILES string of the molecule is O=C(O)C1CCC(CNC(=O)C(F)(F)C(F)F)CC1. The van der Waals surface area contributed by atoms with Gasteiger partial charge in [-0.15, -0.1) is 0 Å². The zero-order valence-corrected chi connectivity index (χ0v) is 10.0. The minimum atomic E-state index is -4.68. The highest BCUT2D eigenvalue weighted by Gasteiger charge is 2.48. The summed E-state index contributed by atoms with van der Waals surface area (Å²) in [4.78, 5) is 21.6. The molecule has 0 aromatic heterocycles. The van der Waals surface area contributed by atoms with Crippen LogP contribution in [0.5, 0.6) is 0 Å². The van der Waals surface area contributed by atoms with Crippen LogP contribution in [0.1, 0.15) is 25.7 Å². The number of hydrogen-bond acceptors (Lipinski definition) is 2. The van der Waals surface area contributed by atoms with Gasteiger partial charge in [-0.3, -0.25) is 9.59 Å². The molecular weight excluding hydrogens is 270 g/mol. The topological polar surface area (TPSA) is 66.4 Å². The number of aliphatic carboxylic acids is 1. The summed E-state index contributed by atoms with van der Waals surface area (Å²) in [5.74, 6) is -8.16. The Hall–Kier alpha value is -1.34. The molecule has 1 rings (SSSR count). The van der Waals surface area contributed by atoms with Crippen LogP contribution < -0.4 is 5.32 Å². The normalized spacial score (nSPS) is 24.3. The molecule has 0 bridgehead atoms. The van der Waals surface area contributed by atoms with Crippen LogP contribution in [0.2, 0.25) is 0 Å². The number of carboxylic acids is 1. The summed E-state index contributed by atoms with van der Waals surface area (Å²) in [7, 11) is 0. The maximum Gasteiger partial charge on any atom is 0.383 e. The number of carboxylic acid groups (broad SMARTS) is 1. The molecule has 1 fully saturated rings. The summed E-state index contributed by atoms with van der Waals surface area (Å²) < 4.78 is 49.0. The van der Waals surface area contributed by atoms with Gasteiger partial charge >= 0.3 is 18.3 Å². The Balaban J connectivity index is 2.35. The van der Waals surface area contributed by atoms with E-state index in [9.17, 15) is 27.2 Å². The highest BCUT2D eigenvalue weighted by molar-refractivity contribution is 5.83. The summed E-state index contributed by atoms with van der Waals surface area (Å²) >= 11 is 0. The van der Waals surface area contributed by atoms with Crippen molar-refractivity contribution in [2.75, 3.05) is 6.54 Å². The predicted octanol–water partition coefficient (Wildman–Crippen LogP) is 1.89. The van der Waals surface area contributed by atoms with Crippen LogP contribution in [0, 0.1) is 11.8 Å². The Labute approximate surface area is 107 Å². The molecule has 0 unspecified atom stereocenters. The maximum absolute atomic E-state index is 12.6. The molecule has 0 heterocycles. The van der Waals surface area contributed by atoms with E-state index in [4.69, 9.17) is 5.11 Å². The average molecular weight is 285 g/mol. The lowest BCUT2D eigenvalue weighted by atomic mass is 9.82. The van der Waals surface area contributed by atoms with Crippen molar-refractivity contribution in [2.24, 2.45) is 11.8 Å². The largest absolute Gasteiger partial charge is 0.481 e. The van der Waals surface area contributed by atoms with Crippen LogP contribution in [0.3, 0.4) is 0 Å². The van der Waals surface area contributed by atoms with Gasteiger partial charge in [-0.25, -0.2) is 8.78 Å². The minimum Gasteiger partial charge on any atom is -0.481 e. The molecule has 1 aliphatic carbocycles. The standard InChI is InChI=1S/C11H15F4NO3/c12-9(13)11(14,15)10(19)16-5-6-1-3-7(4-2-6)8(17)18/h6-7,9H,1-5H2,(H,16,19)(H,17,18). The number of rotatable bonds is 5. The summed E-state index contributed by atoms with van der Waals surface area (Å²) in [6, 6.07) is 0. The fraction of sp³-hybridized carbons (Fsp3) is 0.818. The van der Waals surface area contributed by atoms with Crippen LogP contribution in [-0.4, -0.2) is 35.9 Å².